The first-order valence-corrected chi connectivity index (χ1v) is 18.1. The number of piperidine rings is 1. The Hall–Kier alpha value is -2.75. The van der Waals surface area contributed by atoms with Crippen molar-refractivity contribution in [2.45, 2.75) is 77.1 Å². The highest BCUT2D eigenvalue weighted by Crippen LogP contribution is 2.42. The van der Waals surface area contributed by atoms with Crippen LogP contribution in [0.5, 0.6) is 0 Å². The van der Waals surface area contributed by atoms with E-state index in [0.29, 0.717) is 40.4 Å². The normalized spacial score (nSPS) is 21.4. The summed E-state index contributed by atoms with van der Waals surface area (Å²) in [5, 5.41) is 5.60. The lowest BCUT2D eigenvalue weighted by molar-refractivity contribution is 0.0899. The molecule has 1 aromatic carbocycles. The molecule has 3 aromatic heterocycles. The standard InChI is InChI=1S/C29H37ClN6O2Si/c1-18-12-19-6-7-20(13-18)36(19)25-14-31-28-22(15-35(29(28)32-25)17-38-10-11-39(3,4)5)21-8-9-23-26(27(21)30)24(16-37)34(2)33-23/h8-9,14-16,18-20H,6-7,10-13,17H2,1-5H3/t18?,19-,20+. The zero-order valence-electron chi connectivity index (χ0n) is 23.4. The number of anilines is 1. The minimum absolute atomic E-state index is 0.398. The van der Waals surface area contributed by atoms with Gasteiger partial charge in [-0.1, -0.05) is 44.2 Å². The second-order valence-electron chi connectivity index (χ2n) is 12.6. The van der Waals surface area contributed by atoms with Crippen LogP contribution < -0.4 is 4.90 Å². The molecule has 8 nitrogen and oxygen atoms in total. The molecule has 2 bridgehead atoms. The summed E-state index contributed by atoms with van der Waals surface area (Å²) in [7, 11) is 0.549. The van der Waals surface area contributed by atoms with E-state index in [9.17, 15) is 4.79 Å². The number of nitrogens with zero attached hydrogens (tertiary/aromatic N) is 6. The average Bonchev–Trinajstić information content (AvgIpc) is 3.50. The average molecular weight is 565 g/mol. The molecule has 0 radical (unpaired) electrons. The van der Waals surface area contributed by atoms with Crippen LogP contribution in [0.3, 0.4) is 0 Å². The molecule has 10 heteroatoms. The molecule has 2 aliphatic rings. The number of carbonyl (C=O) groups excluding carboxylic acids is 1. The lowest BCUT2D eigenvalue weighted by Crippen LogP contribution is -2.43. The fourth-order valence-corrected chi connectivity index (χ4v) is 7.55. The third-order valence-corrected chi connectivity index (χ3v) is 10.5. The van der Waals surface area contributed by atoms with E-state index in [0.717, 1.165) is 53.0 Å². The highest BCUT2D eigenvalue weighted by molar-refractivity contribution is 6.76. The quantitative estimate of drug-likeness (QED) is 0.137. The number of aromatic nitrogens is 5. The molecule has 0 N–H and O–H groups in total. The van der Waals surface area contributed by atoms with Gasteiger partial charge in [0.05, 0.1) is 16.7 Å². The van der Waals surface area contributed by atoms with Gasteiger partial charge in [0.1, 0.15) is 23.8 Å². The van der Waals surface area contributed by atoms with Crippen molar-refractivity contribution in [2.75, 3.05) is 11.5 Å². The number of carbonyl (C=O) groups is 1. The van der Waals surface area contributed by atoms with Gasteiger partial charge in [0.15, 0.2) is 11.9 Å². The number of hydrogen-bond acceptors (Lipinski definition) is 6. The van der Waals surface area contributed by atoms with Crippen molar-refractivity contribution in [1.82, 2.24) is 24.3 Å². The van der Waals surface area contributed by atoms with Crippen LogP contribution in [0.2, 0.25) is 30.7 Å². The van der Waals surface area contributed by atoms with Gasteiger partial charge < -0.3 is 14.2 Å². The Morgan fingerprint density at radius 2 is 1.90 bits per heavy atom. The zero-order chi connectivity index (χ0) is 27.5. The minimum atomic E-state index is -1.21. The first kappa shape index (κ1) is 26.5. The minimum Gasteiger partial charge on any atom is -0.361 e. The lowest BCUT2D eigenvalue weighted by Gasteiger charge is -2.38. The number of rotatable bonds is 8. The summed E-state index contributed by atoms with van der Waals surface area (Å²) >= 11 is 6.97. The van der Waals surface area contributed by atoms with Crippen molar-refractivity contribution in [1.29, 1.82) is 0 Å². The van der Waals surface area contributed by atoms with E-state index in [-0.39, 0.29) is 0 Å². The maximum atomic E-state index is 11.8. The molecular weight excluding hydrogens is 528 g/mol. The lowest BCUT2D eigenvalue weighted by atomic mass is 9.92. The Morgan fingerprint density at radius 3 is 2.59 bits per heavy atom. The number of hydrogen-bond donors (Lipinski definition) is 0. The number of halogens is 1. The SMILES string of the molecule is CC1C[C@H]2CC[C@@H](C1)N2c1cnc2c(-c3ccc4nn(C)c(C=O)c4c3Cl)cn(COCC[Si](C)(C)C)c2n1. The number of benzene rings is 1. The van der Waals surface area contributed by atoms with Crippen molar-refractivity contribution in [3.8, 4) is 11.1 Å². The number of ether oxygens (including phenoxy) is 1. The maximum Gasteiger partial charge on any atom is 0.168 e. The van der Waals surface area contributed by atoms with Crippen LogP contribution in [-0.4, -0.2) is 57.4 Å². The van der Waals surface area contributed by atoms with Crippen LogP contribution in [0, 0.1) is 5.92 Å². The van der Waals surface area contributed by atoms with Gasteiger partial charge in [-0.05, 0) is 43.7 Å². The fraction of sp³-hybridized carbons (Fsp3) is 0.517. The summed E-state index contributed by atoms with van der Waals surface area (Å²) in [6.45, 7) is 10.6. The van der Waals surface area contributed by atoms with E-state index < -0.39 is 8.07 Å². The van der Waals surface area contributed by atoms with Crippen LogP contribution in [-0.2, 0) is 18.5 Å². The van der Waals surface area contributed by atoms with Gasteiger partial charge in [-0.15, -0.1) is 0 Å². The van der Waals surface area contributed by atoms with Gasteiger partial charge in [-0.25, -0.2) is 9.97 Å². The van der Waals surface area contributed by atoms with Gasteiger partial charge in [-0.3, -0.25) is 9.48 Å². The monoisotopic (exact) mass is 564 g/mol. The second kappa shape index (κ2) is 10.0. The van der Waals surface area contributed by atoms with E-state index in [1.165, 1.54) is 25.7 Å². The first-order valence-electron chi connectivity index (χ1n) is 14.0. The highest BCUT2D eigenvalue weighted by Gasteiger charge is 2.40. The maximum absolute atomic E-state index is 11.8. The molecular formula is C29H37ClN6O2Si. The predicted octanol–water partition coefficient (Wildman–Crippen LogP) is 6.53. The molecule has 0 spiro atoms. The summed E-state index contributed by atoms with van der Waals surface area (Å²) in [4.78, 5) is 24.5. The van der Waals surface area contributed by atoms with E-state index in [4.69, 9.17) is 26.3 Å². The number of fused-ring (bicyclic) bond motifs is 4. The highest BCUT2D eigenvalue weighted by atomic mass is 35.5. The van der Waals surface area contributed by atoms with Crippen molar-refractivity contribution in [3.05, 3.63) is 35.2 Å². The first-order chi connectivity index (χ1) is 18.6. The van der Waals surface area contributed by atoms with Crippen molar-refractivity contribution < 1.29 is 9.53 Å². The largest absolute Gasteiger partial charge is 0.361 e. The van der Waals surface area contributed by atoms with Crippen LogP contribution in [0.1, 0.15) is 43.1 Å². The molecule has 206 valence electrons. The van der Waals surface area contributed by atoms with Crippen LogP contribution in [0.15, 0.2) is 24.5 Å². The Balaban J connectivity index is 1.44. The Bertz CT molecular complexity index is 1540. The number of aryl methyl sites for hydroxylation is 1. The van der Waals surface area contributed by atoms with Gasteiger partial charge in [-0.2, -0.15) is 5.10 Å². The molecule has 2 aliphatic heterocycles. The molecule has 2 fully saturated rings. The van der Waals surface area contributed by atoms with Crippen LogP contribution in [0.25, 0.3) is 33.2 Å². The summed E-state index contributed by atoms with van der Waals surface area (Å²) in [5.41, 5.74) is 4.41. The van der Waals surface area contributed by atoms with Crippen molar-refractivity contribution in [2.24, 2.45) is 13.0 Å². The molecule has 4 aromatic rings. The smallest absolute Gasteiger partial charge is 0.168 e. The van der Waals surface area contributed by atoms with Gasteiger partial charge in [0.2, 0.25) is 0 Å². The Labute approximate surface area is 235 Å². The molecule has 2 saturated heterocycles. The molecule has 0 saturated carbocycles. The van der Waals surface area contributed by atoms with Crippen molar-refractivity contribution in [3.63, 3.8) is 0 Å². The van der Waals surface area contributed by atoms with Gasteiger partial charge >= 0.3 is 0 Å². The summed E-state index contributed by atoms with van der Waals surface area (Å²) < 4.78 is 9.80. The summed E-state index contributed by atoms with van der Waals surface area (Å²) in [6.07, 6.45) is 9.64. The van der Waals surface area contributed by atoms with E-state index in [1.807, 2.05) is 24.5 Å². The van der Waals surface area contributed by atoms with E-state index in [1.54, 1.807) is 11.7 Å². The fourth-order valence-electron chi connectivity index (χ4n) is 6.44. The van der Waals surface area contributed by atoms with Crippen LogP contribution >= 0.6 is 11.6 Å². The third-order valence-electron chi connectivity index (χ3n) is 8.40. The molecule has 5 heterocycles. The van der Waals surface area contributed by atoms with Crippen LogP contribution in [0.4, 0.5) is 5.82 Å². The van der Waals surface area contributed by atoms with E-state index in [2.05, 4.69) is 41.1 Å². The summed E-state index contributed by atoms with van der Waals surface area (Å²) in [5.74, 6) is 1.71. The zero-order valence-corrected chi connectivity index (χ0v) is 25.2. The van der Waals surface area contributed by atoms with E-state index >= 15 is 0 Å². The topological polar surface area (TPSA) is 78.1 Å². The molecule has 0 amide bonds. The summed E-state index contributed by atoms with van der Waals surface area (Å²) in [6, 6.07) is 6.03. The molecule has 6 rings (SSSR count). The predicted molar refractivity (Wildman–Crippen MR) is 159 cm³/mol. The molecule has 1 unspecified atom stereocenters. The Kier molecular flexibility index (Phi) is 6.80. The van der Waals surface area contributed by atoms with Gasteiger partial charge in [0, 0.05) is 56.5 Å². The molecule has 39 heavy (non-hydrogen) atoms. The molecule has 0 aliphatic carbocycles. The third kappa shape index (κ3) is 4.78. The van der Waals surface area contributed by atoms with Gasteiger partial charge in [0.25, 0.3) is 0 Å². The second-order valence-corrected chi connectivity index (χ2v) is 18.6. The molecule has 3 atom stereocenters. The Morgan fingerprint density at radius 1 is 1.15 bits per heavy atom. The van der Waals surface area contributed by atoms with Crippen molar-refractivity contribution >= 4 is 53.8 Å². The number of aldehydes is 1.